The van der Waals surface area contributed by atoms with E-state index in [2.05, 4.69) is 23.1 Å². The monoisotopic (exact) mass is 561 g/mol. The summed E-state index contributed by atoms with van der Waals surface area (Å²) in [5.74, 6) is -0.124. The van der Waals surface area contributed by atoms with E-state index in [4.69, 9.17) is 20.3 Å². The van der Waals surface area contributed by atoms with Gasteiger partial charge in [-0.25, -0.2) is 13.7 Å². The fraction of sp³-hybridized carbons (Fsp3) is 0.462. The number of aliphatic hydroxyl groups is 2. The number of nitrogens with two attached hydrogens (primary N) is 1. The second-order valence-electron chi connectivity index (χ2n) is 7.00. The molecule has 0 aliphatic carbocycles. The molecule has 6 atom stereocenters. The Morgan fingerprint density at radius 2 is 1.91 bits per heavy atom. The lowest BCUT2D eigenvalue weighted by Gasteiger charge is -2.39. The zero-order valence-corrected chi connectivity index (χ0v) is 19.7. The van der Waals surface area contributed by atoms with Crippen LogP contribution in [0.25, 0.3) is 0 Å². The first-order valence-corrected chi connectivity index (χ1v) is 13.6. The minimum atomic E-state index is -5.80. The van der Waals surface area contributed by atoms with Crippen LogP contribution >= 0.6 is 23.5 Å². The van der Waals surface area contributed by atoms with Crippen LogP contribution in [0.1, 0.15) is 0 Å². The Morgan fingerprint density at radius 3 is 2.51 bits per heavy atom. The summed E-state index contributed by atoms with van der Waals surface area (Å²) >= 11 is 0. The predicted octanol–water partition coefficient (Wildman–Crippen LogP) is -1.84. The fourth-order valence-electron chi connectivity index (χ4n) is 3.30. The maximum absolute atomic E-state index is 12.2. The van der Waals surface area contributed by atoms with Crippen molar-refractivity contribution in [3.05, 3.63) is 16.4 Å². The Morgan fingerprint density at radius 1 is 1.26 bits per heavy atom. The molecule has 2 aliphatic rings. The van der Waals surface area contributed by atoms with Gasteiger partial charge in [-0.05, 0) is 0 Å². The van der Waals surface area contributed by atoms with E-state index in [9.17, 15) is 43.8 Å². The largest absolute Gasteiger partial charge is 0.490 e. The highest BCUT2D eigenvalue weighted by Crippen LogP contribution is 2.66. The normalized spacial score (nSPS) is 29.7. The molecule has 1 fully saturated rings. The number of hydrogen-bond acceptors (Lipinski definition) is 14. The van der Waals surface area contributed by atoms with Gasteiger partial charge in [0.05, 0.1) is 18.8 Å². The summed E-state index contributed by atoms with van der Waals surface area (Å²) in [5, 5.41) is 30.9. The zero-order valence-electron chi connectivity index (χ0n) is 17.0. The van der Waals surface area contributed by atoms with E-state index in [0.717, 1.165) is 4.90 Å². The molecular formula is C13H18N5O14P3. The van der Waals surface area contributed by atoms with Crippen LogP contribution in [0.3, 0.4) is 0 Å². The SMILES string of the molecule is N#C[C@@]1(N2CC=Nc3c2cc(N)[nH]c3=O)O[C@H](COP(=O)(O)OP(=O)(O)OP(=O)(O)O)[C@@H](O)[C@H]1O. The van der Waals surface area contributed by atoms with Crippen molar-refractivity contribution in [2.75, 3.05) is 23.8 Å². The highest BCUT2D eigenvalue weighted by molar-refractivity contribution is 7.66. The molecule has 22 heteroatoms. The number of aliphatic imine (C=N–C) groups is 1. The molecule has 1 aromatic rings. The Hall–Kier alpha value is -2.00. The van der Waals surface area contributed by atoms with Gasteiger partial charge < -0.3 is 50.1 Å². The molecule has 9 N–H and O–H groups in total. The molecule has 2 unspecified atom stereocenters. The Kier molecular flexibility index (Phi) is 7.46. The van der Waals surface area contributed by atoms with Crippen LogP contribution in [0.5, 0.6) is 0 Å². The molecule has 3 rings (SSSR count). The highest BCUT2D eigenvalue weighted by atomic mass is 31.3. The lowest BCUT2D eigenvalue weighted by molar-refractivity contribution is -0.0562. The first-order chi connectivity index (χ1) is 16.0. The second-order valence-corrected chi connectivity index (χ2v) is 11.4. The molecule has 0 radical (unpaired) electrons. The number of aromatic nitrogens is 1. The van der Waals surface area contributed by atoms with Crippen molar-refractivity contribution in [2.45, 2.75) is 24.0 Å². The molecule has 19 nitrogen and oxygen atoms in total. The number of hydrogen-bond donors (Lipinski definition) is 8. The number of nitrogens with zero attached hydrogens (tertiary/aromatic N) is 3. The number of nitrogen functional groups attached to an aromatic ring is 1. The molecule has 2 aliphatic heterocycles. The summed E-state index contributed by atoms with van der Waals surface area (Å²) in [6.45, 7) is -1.35. The van der Waals surface area contributed by atoms with Gasteiger partial charge >= 0.3 is 23.5 Å². The van der Waals surface area contributed by atoms with E-state index < -0.39 is 59.7 Å². The zero-order chi connectivity index (χ0) is 26.4. The summed E-state index contributed by atoms with van der Waals surface area (Å²) < 4.78 is 51.0. The minimum Gasteiger partial charge on any atom is -0.387 e. The summed E-state index contributed by atoms with van der Waals surface area (Å²) in [6, 6.07) is 2.88. The smallest absolute Gasteiger partial charge is 0.387 e. The number of ether oxygens (including phenoxy) is 1. The number of aromatic amines is 1. The van der Waals surface area contributed by atoms with Crippen LogP contribution in [0.2, 0.25) is 0 Å². The molecule has 35 heavy (non-hydrogen) atoms. The van der Waals surface area contributed by atoms with E-state index in [-0.39, 0.29) is 23.7 Å². The molecule has 194 valence electrons. The Bertz CT molecular complexity index is 1270. The molecular weight excluding hydrogens is 543 g/mol. The van der Waals surface area contributed by atoms with Crippen molar-refractivity contribution in [3.8, 4) is 6.07 Å². The molecule has 0 saturated carbocycles. The number of fused-ring (bicyclic) bond motifs is 1. The van der Waals surface area contributed by atoms with Crippen molar-refractivity contribution in [3.63, 3.8) is 0 Å². The molecule has 0 aromatic carbocycles. The number of phosphoric ester groups is 1. The second kappa shape index (κ2) is 9.47. The van der Waals surface area contributed by atoms with E-state index in [1.165, 1.54) is 12.3 Å². The molecule has 1 aromatic heterocycles. The first-order valence-electron chi connectivity index (χ1n) is 9.07. The number of phosphoric acid groups is 3. The van der Waals surface area contributed by atoms with E-state index in [1.807, 2.05) is 0 Å². The standard InChI is InChI=1S/C13H18N5O14P3/c14-5-13(18-2-1-16-9-6(18)3-8(15)17-12(9)21)11(20)10(19)7(30-13)4-29-34(25,26)32-35(27,28)31-33(22,23)24/h1,3,7,10-11,19-20H,2,4H2,(H,25,26)(H,27,28)(H3,15,17,21)(H2,22,23,24)/t7-,10-,11-,13-/m1/s1. The number of nitriles is 1. The van der Waals surface area contributed by atoms with Gasteiger partial charge in [0.2, 0.25) is 0 Å². The van der Waals surface area contributed by atoms with E-state index in [0.29, 0.717) is 0 Å². The molecule has 3 heterocycles. The third kappa shape index (κ3) is 5.88. The number of anilines is 2. The van der Waals surface area contributed by atoms with Gasteiger partial charge in [-0.15, -0.1) is 0 Å². The molecule has 0 amide bonds. The maximum Gasteiger partial charge on any atom is 0.490 e. The van der Waals surface area contributed by atoms with Gasteiger partial charge in [0.1, 0.15) is 30.2 Å². The van der Waals surface area contributed by atoms with Crippen molar-refractivity contribution in [1.82, 2.24) is 4.98 Å². The average molecular weight is 561 g/mol. The summed E-state index contributed by atoms with van der Waals surface area (Å²) in [7, 11) is -17.0. The fourth-order valence-corrected chi connectivity index (χ4v) is 6.33. The van der Waals surface area contributed by atoms with Crippen molar-refractivity contribution < 1.29 is 61.4 Å². The lowest BCUT2D eigenvalue weighted by Crippen LogP contribution is -2.57. The van der Waals surface area contributed by atoms with Crippen molar-refractivity contribution in [2.24, 2.45) is 4.99 Å². The summed E-state index contributed by atoms with van der Waals surface area (Å²) in [5.41, 5.74) is 2.27. The third-order valence-electron chi connectivity index (χ3n) is 4.60. The summed E-state index contributed by atoms with van der Waals surface area (Å²) in [4.78, 5) is 55.3. The van der Waals surface area contributed by atoms with Crippen molar-refractivity contribution >= 4 is 46.9 Å². The average Bonchev–Trinajstić information content (AvgIpc) is 2.94. The number of rotatable bonds is 8. The quantitative estimate of drug-likeness (QED) is 0.162. The van der Waals surface area contributed by atoms with Gasteiger partial charge in [-0.1, -0.05) is 0 Å². The number of aliphatic hydroxyl groups excluding tert-OH is 2. The number of nitrogens with one attached hydrogen (secondary N) is 1. The first kappa shape index (κ1) is 27.6. The van der Waals surface area contributed by atoms with Crippen LogP contribution < -0.4 is 16.2 Å². The Labute approximate surface area is 194 Å². The van der Waals surface area contributed by atoms with Crippen LogP contribution in [0, 0.1) is 11.3 Å². The Balaban J connectivity index is 1.82. The van der Waals surface area contributed by atoms with Gasteiger partial charge in [0, 0.05) is 12.3 Å². The maximum atomic E-state index is 12.2. The van der Waals surface area contributed by atoms with Gasteiger partial charge in [0.15, 0.2) is 5.69 Å². The van der Waals surface area contributed by atoms with Crippen molar-refractivity contribution in [1.29, 1.82) is 5.26 Å². The minimum absolute atomic E-state index is 0.0462. The number of H-pyrrole nitrogens is 1. The molecule has 0 spiro atoms. The van der Waals surface area contributed by atoms with Gasteiger partial charge in [-0.3, -0.25) is 14.3 Å². The third-order valence-corrected chi connectivity index (χ3v) is 8.40. The lowest BCUT2D eigenvalue weighted by atomic mass is 10.0. The van der Waals surface area contributed by atoms with Gasteiger partial charge in [0.25, 0.3) is 11.3 Å². The predicted molar refractivity (Wildman–Crippen MR) is 112 cm³/mol. The summed E-state index contributed by atoms with van der Waals surface area (Å²) in [6.07, 6.45) is -4.52. The van der Waals surface area contributed by atoms with Crippen LogP contribution in [-0.4, -0.2) is 78.2 Å². The highest BCUT2D eigenvalue weighted by Gasteiger charge is 2.59. The van der Waals surface area contributed by atoms with Gasteiger partial charge in [-0.2, -0.15) is 13.9 Å². The van der Waals surface area contributed by atoms with Crippen LogP contribution in [0.15, 0.2) is 15.9 Å². The van der Waals surface area contributed by atoms with Crippen LogP contribution in [0.4, 0.5) is 17.2 Å². The van der Waals surface area contributed by atoms with Crippen LogP contribution in [-0.2, 0) is 31.6 Å². The number of pyridine rings is 1. The van der Waals surface area contributed by atoms with E-state index in [1.54, 1.807) is 6.07 Å². The topological polar surface area (TPSA) is 308 Å². The van der Waals surface area contributed by atoms with E-state index >= 15 is 0 Å². The molecule has 0 bridgehead atoms. The molecule has 1 saturated heterocycles.